The van der Waals surface area contributed by atoms with Gasteiger partial charge in [-0.3, -0.25) is 5.41 Å². The lowest BCUT2D eigenvalue weighted by molar-refractivity contribution is 0.517. The Bertz CT molecular complexity index is 941. The van der Waals surface area contributed by atoms with E-state index in [9.17, 15) is 0 Å². The first-order valence-corrected chi connectivity index (χ1v) is 10.2. The van der Waals surface area contributed by atoms with Crippen LogP contribution >= 0.6 is 0 Å². The molecule has 140 valence electrons. The zero-order valence-electron chi connectivity index (χ0n) is 16.2. The number of hydrogen-bond acceptors (Lipinski definition) is 1. The minimum Gasteiger partial charge on any atom is -0.357 e. The molecular weight excluding hydrogens is 330 g/mol. The Morgan fingerprint density at radius 2 is 1.89 bits per heavy atom. The first-order chi connectivity index (χ1) is 13.2. The van der Waals surface area contributed by atoms with E-state index in [4.69, 9.17) is 5.41 Å². The Labute approximate surface area is 161 Å². The molecule has 1 N–H and O–H groups in total. The van der Waals surface area contributed by atoms with Gasteiger partial charge in [-0.25, -0.2) is 0 Å². The van der Waals surface area contributed by atoms with E-state index in [2.05, 4.69) is 77.2 Å². The van der Waals surface area contributed by atoms with Gasteiger partial charge in [0.2, 0.25) is 0 Å². The third-order valence-electron chi connectivity index (χ3n) is 5.67. The van der Waals surface area contributed by atoms with Gasteiger partial charge in [0.15, 0.2) is 0 Å². The van der Waals surface area contributed by atoms with Crippen molar-refractivity contribution in [3.05, 3.63) is 70.4 Å². The van der Waals surface area contributed by atoms with Crippen molar-refractivity contribution in [2.24, 2.45) is 5.92 Å². The molecule has 1 aromatic heterocycles. The van der Waals surface area contributed by atoms with Crippen molar-refractivity contribution in [2.45, 2.75) is 39.2 Å². The standard InChI is InChI=1S/C24H29N3/c1-2-6-19-7-5-8-23-22(17-19)13-16-27(23)18-20-9-11-21(12-10-20)24(25)26-14-3-4-15-26/h5,7-13,16-17,19,25H,2-4,6,14-15,18H2,1H3. The summed E-state index contributed by atoms with van der Waals surface area (Å²) >= 11 is 0. The molecule has 1 fully saturated rings. The van der Waals surface area contributed by atoms with E-state index in [0.717, 1.165) is 25.2 Å². The Morgan fingerprint density at radius 3 is 2.63 bits per heavy atom. The molecule has 1 saturated heterocycles. The topological polar surface area (TPSA) is 32.0 Å². The fourth-order valence-electron chi connectivity index (χ4n) is 4.15. The second-order valence-corrected chi connectivity index (χ2v) is 7.69. The molecule has 1 atom stereocenters. The van der Waals surface area contributed by atoms with Gasteiger partial charge < -0.3 is 9.47 Å². The highest BCUT2D eigenvalue weighted by molar-refractivity contribution is 5.96. The molecule has 0 radical (unpaired) electrons. The molecular formula is C24H29N3. The van der Waals surface area contributed by atoms with Gasteiger partial charge in [0.05, 0.1) is 0 Å². The van der Waals surface area contributed by atoms with Crippen LogP contribution in [-0.4, -0.2) is 28.4 Å². The number of nitrogens with zero attached hydrogens (tertiary/aromatic N) is 2. The van der Waals surface area contributed by atoms with E-state index in [1.165, 1.54) is 41.8 Å². The van der Waals surface area contributed by atoms with Crippen LogP contribution in [0.5, 0.6) is 0 Å². The van der Waals surface area contributed by atoms with Crippen molar-refractivity contribution < 1.29 is 0 Å². The zero-order chi connectivity index (χ0) is 18.6. The van der Waals surface area contributed by atoms with Crippen LogP contribution in [0.1, 0.15) is 43.7 Å². The van der Waals surface area contributed by atoms with Crippen LogP contribution in [0.2, 0.25) is 0 Å². The molecule has 3 heteroatoms. The molecule has 0 saturated carbocycles. The van der Waals surface area contributed by atoms with Gasteiger partial charge in [-0.1, -0.05) is 55.8 Å². The first-order valence-electron chi connectivity index (χ1n) is 10.2. The minimum absolute atomic E-state index is 0.541. The lowest BCUT2D eigenvalue weighted by Crippen LogP contribution is -2.29. The number of hydrogen-bond donors (Lipinski definition) is 1. The summed E-state index contributed by atoms with van der Waals surface area (Å²) in [6.45, 7) is 5.16. The van der Waals surface area contributed by atoms with Crippen molar-refractivity contribution >= 4 is 18.0 Å². The smallest absolute Gasteiger partial charge is 0.128 e. The number of benzene rings is 1. The predicted octanol–water partition coefficient (Wildman–Crippen LogP) is 3.50. The number of allylic oxidation sites excluding steroid dienone is 2. The highest BCUT2D eigenvalue weighted by Gasteiger charge is 2.16. The van der Waals surface area contributed by atoms with Gasteiger partial charge in [-0.2, -0.15) is 0 Å². The van der Waals surface area contributed by atoms with Gasteiger partial charge in [0, 0.05) is 36.7 Å². The number of nitrogens with one attached hydrogen (secondary N) is 1. The van der Waals surface area contributed by atoms with E-state index >= 15 is 0 Å². The van der Waals surface area contributed by atoms with Gasteiger partial charge >= 0.3 is 0 Å². The average Bonchev–Trinajstić information content (AvgIpc) is 3.29. The summed E-state index contributed by atoms with van der Waals surface area (Å²) in [5.41, 5.74) is 2.30. The maximum Gasteiger partial charge on any atom is 0.128 e. The van der Waals surface area contributed by atoms with Gasteiger partial charge in [0.1, 0.15) is 5.84 Å². The molecule has 3 nitrogen and oxygen atoms in total. The van der Waals surface area contributed by atoms with Crippen LogP contribution in [0.15, 0.2) is 48.7 Å². The second kappa shape index (κ2) is 7.99. The Kier molecular flexibility index (Phi) is 5.28. The van der Waals surface area contributed by atoms with Gasteiger partial charge in [0.25, 0.3) is 0 Å². The largest absolute Gasteiger partial charge is 0.357 e. The van der Waals surface area contributed by atoms with Crippen molar-refractivity contribution in [1.29, 1.82) is 5.41 Å². The Hall–Kier alpha value is -2.55. The number of rotatable bonds is 5. The van der Waals surface area contributed by atoms with Crippen LogP contribution in [0.3, 0.4) is 0 Å². The van der Waals surface area contributed by atoms with E-state index in [-0.39, 0.29) is 0 Å². The number of amidine groups is 1. The molecule has 4 rings (SSSR count). The van der Waals surface area contributed by atoms with Gasteiger partial charge in [-0.05, 0) is 48.1 Å². The maximum absolute atomic E-state index is 8.40. The van der Waals surface area contributed by atoms with Crippen molar-refractivity contribution in [3.8, 4) is 0 Å². The molecule has 1 aliphatic heterocycles. The normalized spacial score (nSPS) is 18.6. The van der Waals surface area contributed by atoms with E-state index in [0.29, 0.717) is 11.8 Å². The molecule has 2 aliphatic rings. The molecule has 27 heavy (non-hydrogen) atoms. The predicted molar refractivity (Wildman–Crippen MR) is 113 cm³/mol. The third kappa shape index (κ3) is 3.92. The highest BCUT2D eigenvalue weighted by Crippen LogP contribution is 2.14. The summed E-state index contributed by atoms with van der Waals surface area (Å²) in [5.74, 6) is 1.21. The Morgan fingerprint density at radius 1 is 1.11 bits per heavy atom. The van der Waals surface area contributed by atoms with Crippen LogP contribution in [0.4, 0.5) is 0 Å². The van der Waals surface area contributed by atoms with Crippen molar-refractivity contribution in [2.75, 3.05) is 13.1 Å². The lowest BCUT2D eigenvalue weighted by Gasteiger charge is -2.18. The van der Waals surface area contributed by atoms with Crippen LogP contribution in [0.25, 0.3) is 12.2 Å². The highest BCUT2D eigenvalue weighted by atomic mass is 15.2. The molecule has 1 unspecified atom stereocenters. The number of aromatic nitrogens is 1. The fraction of sp³-hybridized carbons (Fsp3) is 0.375. The molecule has 2 heterocycles. The van der Waals surface area contributed by atoms with E-state index < -0.39 is 0 Å². The van der Waals surface area contributed by atoms with E-state index in [1.54, 1.807) is 0 Å². The summed E-state index contributed by atoms with van der Waals surface area (Å²) in [7, 11) is 0. The van der Waals surface area contributed by atoms with Gasteiger partial charge in [-0.15, -0.1) is 0 Å². The summed E-state index contributed by atoms with van der Waals surface area (Å²) < 4.78 is 2.32. The quantitative estimate of drug-likeness (QED) is 0.643. The van der Waals surface area contributed by atoms with Crippen LogP contribution in [-0.2, 0) is 6.54 Å². The monoisotopic (exact) mass is 359 g/mol. The minimum atomic E-state index is 0.541. The van der Waals surface area contributed by atoms with Crippen LogP contribution < -0.4 is 10.6 Å². The summed E-state index contributed by atoms with van der Waals surface area (Å²) in [6, 6.07) is 10.8. The average molecular weight is 360 g/mol. The number of likely N-dealkylation sites (tertiary alicyclic amines) is 1. The summed E-state index contributed by atoms with van der Waals surface area (Å²) in [6.07, 6.45) is 16.2. The van der Waals surface area contributed by atoms with Crippen molar-refractivity contribution in [1.82, 2.24) is 9.47 Å². The summed E-state index contributed by atoms with van der Waals surface area (Å²) in [4.78, 5) is 2.19. The molecule has 0 spiro atoms. The second-order valence-electron chi connectivity index (χ2n) is 7.69. The lowest BCUT2D eigenvalue weighted by atomic mass is 10.0. The van der Waals surface area contributed by atoms with Crippen molar-refractivity contribution in [3.63, 3.8) is 0 Å². The third-order valence-corrected chi connectivity index (χ3v) is 5.67. The first kappa shape index (κ1) is 17.8. The summed E-state index contributed by atoms with van der Waals surface area (Å²) in [5, 5.41) is 11.0. The van der Waals surface area contributed by atoms with E-state index in [1.807, 2.05) is 0 Å². The molecule has 1 aromatic carbocycles. The number of fused-ring (bicyclic) bond motifs is 1. The molecule has 0 amide bonds. The maximum atomic E-state index is 8.40. The molecule has 2 aromatic rings. The Balaban J connectivity index is 1.52. The fourth-order valence-corrected chi connectivity index (χ4v) is 4.15. The SMILES string of the molecule is CCCC1C=CC=c2c(ccn2Cc2ccc(C(=N)N3CCCC3)cc2)=C1. The molecule has 1 aliphatic carbocycles. The molecule has 0 bridgehead atoms. The zero-order valence-corrected chi connectivity index (χ0v) is 16.2. The van der Waals surface area contributed by atoms with Crippen LogP contribution in [0, 0.1) is 11.3 Å².